The Morgan fingerprint density at radius 1 is 1.31 bits per heavy atom. The second-order valence-electron chi connectivity index (χ2n) is 4.02. The Bertz CT molecular complexity index is 326. The van der Waals surface area contributed by atoms with E-state index in [0.717, 1.165) is 23.7 Å². The zero-order chi connectivity index (χ0) is 12.0. The largest absolute Gasteiger partial charge is 0.495 e. The second-order valence-corrected chi connectivity index (χ2v) is 4.02. The van der Waals surface area contributed by atoms with Crippen molar-refractivity contribution in [3.8, 4) is 5.75 Å². The van der Waals surface area contributed by atoms with Crippen molar-refractivity contribution in [2.45, 2.75) is 26.2 Å². The SMILES string of the molecule is CCCCCN(C)c1cccc(OC)c1N. The molecule has 0 saturated carbocycles. The van der Waals surface area contributed by atoms with Crippen molar-refractivity contribution in [3.05, 3.63) is 18.2 Å². The monoisotopic (exact) mass is 222 g/mol. The average Bonchev–Trinajstić information content (AvgIpc) is 2.29. The third kappa shape index (κ3) is 3.05. The molecular formula is C13H22N2O. The number of anilines is 2. The number of hydrogen-bond donors (Lipinski definition) is 1. The van der Waals surface area contributed by atoms with E-state index in [4.69, 9.17) is 10.5 Å². The summed E-state index contributed by atoms with van der Waals surface area (Å²) in [6, 6.07) is 5.89. The van der Waals surface area contributed by atoms with Gasteiger partial charge in [0.15, 0.2) is 0 Å². The number of methoxy groups -OCH3 is 1. The first-order chi connectivity index (χ1) is 7.70. The molecule has 1 rings (SSSR count). The Kier molecular flexibility index (Phi) is 4.96. The van der Waals surface area contributed by atoms with Crippen LogP contribution in [-0.4, -0.2) is 20.7 Å². The van der Waals surface area contributed by atoms with Gasteiger partial charge in [0.05, 0.1) is 18.5 Å². The molecule has 0 aromatic heterocycles. The molecule has 0 fully saturated rings. The van der Waals surface area contributed by atoms with Crippen LogP contribution in [0.25, 0.3) is 0 Å². The van der Waals surface area contributed by atoms with Crippen LogP contribution < -0.4 is 15.4 Å². The molecule has 0 unspecified atom stereocenters. The lowest BCUT2D eigenvalue weighted by atomic mass is 10.2. The first-order valence-electron chi connectivity index (χ1n) is 5.84. The predicted octanol–water partition coefficient (Wildman–Crippen LogP) is 2.90. The lowest BCUT2D eigenvalue weighted by Gasteiger charge is -2.22. The molecule has 0 bridgehead atoms. The standard InChI is InChI=1S/C13H22N2O/c1-4-5-6-10-15(2)11-8-7-9-12(16-3)13(11)14/h7-9H,4-6,10,14H2,1-3H3. The average molecular weight is 222 g/mol. The van der Waals surface area contributed by atoms with Crippen molar-refractivity contribution in [2.24, 2.45) is 0 Å². The van der Waals surface area contributed by atoms with E-state index in [0.29, 0.717) is 0 Å². The number of hydrogen-bond acceptors (Lipinski definition) is 3. The van der Waals surface area contributed by atoms with Gasteiger partial charge in [0, 0.05) is 13.6 Å². The van der Waals surface area contributed by atoms with Crippen LogP contribution in [0.15, 0.2) is 18.2 Å². The van der Waals surface area contributed by atoms with E-state index >= 15 is 0 Å². The van der Waals surface area contributed by atoms with E-state index in [9.17, 15) is 0 Å². The minimum absolute atomic E-state index is 0.726. The fraction of sp³-hybridized carbons (Fsp3) is 0.538. The third-order valence-corrected chi connectivity index (χ3v) is 2.77. The third-order valence-electron chi connectivity index (χ3n) is 2.77. The van der Waals surface area contributed by atoms with Crippen LogP contribution >= 0.6 is 0 Å². The second kappa shape index (κ2) is 6.26. The Balaban J connectivity index is 2.71. The molecule has 0 heterocycles. The number of nitrogens with zero attached hydrogens (tertiary/aromatic N) is 1. The number of rotatable bonds is 6. The Hall–Kier alpha value is -1.38. The molecule has 0 amide bonds. The van der Waals surface area contributed by atoms with Gasteiger partial charge in [-0.2, -0.15) is 0 Å². The quantitative estimate of drug-likeness (QED) is 0.594. The summed E-state index contributed by atoms with van der Waals surface area (Å²) < 4.78 is 5.21. The molecule has 0 aliphatic heterocycles. The molecule has 90 valence electrons. The molecule has 2 N–H and O–H groups in total. The first-order valence-corrected chi connectivity index (χ1v) is 5.84. The van der Waals surface area contributed by atoms with Gasteiger partial charge in [-0.25, -0.2) is 0 Å². The number of para-hydroxylation sites is 1. The van der Waals surface area contributed by atoms with Crippen LogP contribution in [0.4, 0.5) is 11.4 Å². The van der Waals surface area contributed by atoms with Crippen molar-refractivity contribution >= 4 is 11.4 Å². The molecule has 1 aromatic carbocycles. The van der Waals surface area contributed by atoms with Crippen LogP contribution in [0.1, 0.15) is 26.2 Å². The minimum Gasteiger partial charge on any atom is -0.495 e. The van der Waals surface area contributed by atoms with Crippen molar-refractivity contribution in [3.63, 3.8) is 0 Å². The van der Waals surface area contributed by atoms with E-state index < -0.39 is 0 Å². The maximum atomic E-state index is 6.03. The summed E-state index contributed by atoms with van der Waals surface area (Å²) in [5.41, 5.74) is 7.81. The van der Waals surface area contributed by atoms with Crippen LogP contribution in [0.2, 0.25) is 0 Å². The molecule has 0 saturated heterocycles. The zero-order valence-electron chi connectivity index (χ0n) is 10.5. The predicted molar refractivity (Wildman–Crippen MR) is 70.2 cm³/mol. The maximum Gasteiger partial charge on any atom is 0.143 e. The maximum absolute atomic E-state index is 6.03. The highest BCUT2D eigenvalue weighted by atomic mass is 16.5. The fourth-order valence-electron chi connectivity index (χ4n) is 1.76. The highest BCUT2D eigenvalue weighted by Gasteiger charge is 2.08. The summed E-state index contributed by atoms with van der Waals surface area (Å²) >= 11 is 0. The van der Waals surface area contributed by atoms with Gasteiger partial charge >= 0.3 is 0 Å². The molecule has 3 heteroatoms. The molecule has 0 aliphatic carbocycles. The van der Waals surface area contributed by atoms with Crippen molar-refractivity contribution in [2.75, 3.05) is 31.3 Å². The number of unbranched alkanes of at least 4 members (excludes halogenated alkanes) is 2. The Morgan fingerprint density at radius 2 is 2.06 bits per heavy atom. The zero-order valence-corrected chi connectivity index (χ0v) is 10.5. The van der Waals surface area contributed by atoms with E-state index in [-0.39, 0.29) is 0 Å². The Morgan fingerprint density at radius 3 is 2.69 bits per heavy atom. The van der Waals surface area contributed by atoms with Crippen molar-refractivity contribution in [1.82, 2.24) is 0 Å². The molecule has 0 spiro atoms. The summed E-state index contributed by atoms with van der Waals surface area (Å²) in [5, 5.41) is 0. The van der Waals surface area contributed by atoms with E-state index in [1.165, 1.54) is 19.3 Å². The van der Waals surface area contributed by atoms with E-state index in [1.807, 2.05) is 18.2 Å². The summed E-state index contributed by atoms with van der Waals surface area (Å²) in [4.78, 5) is 2.19. The van der Waals surface area contributed by atoms with Crippen molar-refractivity contribution < 1.29 is 4.74 Å². The van der Waals surface area contributed by atoms with Crippen molar-refractivity contribution in [1.29, 1.82) is 0 Å². The van der Waals surface area contributed by atoms with E-state index in [1.54, 1.807) is 7.11 Å². The Labute approximate surface area is 98.2 Å². The lowest BCUT2D eigenvalue weighted by Crippen LogP contribution is -2.19. The van der Waals surface area contributed by atoms with Gasteiger partial charge in [0.2, 0.25) is 0 Å². The molecule has 1 aromatic rings. The van der Waals surface area contributed by atoms with Gasteiger partial charge < -0.3 is 15.4 Å². The minimum atomic E-state index is 0.726. The van der Waals surface area contributed by atoms with Crippen LogP contribution in [0, 0.1) is 0 Å². The summed E-state index contributed by atoms with van der Waals surface area (Å²) in [6.07, 6.45) is 3.69. The van der Waals surface area contributed by atoms with Gasteiger partial charge in [-0.05, 0) is 18.6 Å². The number of nitrogens with two attached hydrogens (primary N) is 1. The lowest BCUT2D eigenvalue weighted by molar-refractivity contribution is 0.417. The molecular weight excluding hydrogens is 200 g/mol. The van der Waals surface area contributed by atoms with Gasteiger partial charge in [0.1, 0.15) is 5.75 Å². The normalized spacial score (nSPS) is 10.2. The van der Waals surface area contributed by atoms with Crippen LogP contribution in [-0.2, 0) is 0 Å². The number of nitrogen functional groups attached to an aromatic ring is 1. The van der Waals surface area contributed by atoms with Gasteiger partial charge in [-0.1, -0.05) is 25.8 Å². The molecule has 3 nitrogen and oxygen atoms in total. The number of benzene rings is 1. The highest BCUT2D eigenvalue weighted by molar-refractivity contribution is 5.73. The highest BCUT2D eigenvalue weighted by Crippen LogP contribution is 2.31. The van der Waals surface area contributed by atoms with Crippen LogP contribution in [0.3, 0.4) is 0 Å². The molecule has 0 atom stereocenters. The summed E-state index contributed by atoms with van der Waals surface area (Å²) in [7, 11) is 3.72. The van der Waals surface area contributed by atoms with Gasteiger partial charge in [-0.15, -0.1) is 0 Å². The first kappa shape index (κ1) is 12.7. The van der Waals surface area contributed by atoms with E-state index in [2.05, 4.69) is 18.9 Å². The number of ether oxygens (including phenoxy) is 1. The topological polar surface area (TPSA) is 38.5 Å². The molecule has 0 aliphatic rings. The summed E-state index contributed by atoms with van der Waals surface area (Å²) in [5.74, 6) is 0.750. The summed E-state index contributed by atoms with van der Waals surface area (Å²) in [6.45, 7) is 3.24. The molecule has 0 radical (unpaired) electrons. The van der Waals surface area contributed by atoms with Gasteiger partial charge in [-0.3, -0.25) is 0 Å². The van der Waals surface area contributed by atoms with Gasteiger partial charge in [0.25, 0.3) is 0 Å². The fourth-order valence-corrected chi connectivity index (χ4v) is 1.76. The smallest absolute Gasteiger partial charge is 0.143 e. The molecule has 16 heavy (non-hydrogen) atoms. The van der Waals surface area contributed by atoms with Crippen LogP contribution in [0.5, 0.6) is 5.75 Å².